The van der Waals surface area contributed by atoms with Gasteiger partial charge in [-0.2, -0.15) is 5.26 Å². The normalized spacial score (nSPS) is 18.7. The van der Waals surface area contributed by atoms with Crippen molar-refractivity contribution in [3.8, 4) is 6.07 Å². The van der Waals surface area contributed by atoms with Crippen molar-refractivity contribution >= 4 is 40.2 Å². The number of nitrogens with one attached hydrogen (secondary N) is 1. The number of nitriles is 1. The predicted molar refractivity (Wildman–Crippen MR) is 99.6 cm³/mol. The average molecular weight is 404 g/mol. The molecule has 2 heterocycles. The Morgan fingerprint density at radius 3 is 2.79 bits per heavy atom. The second-order valence-electron chi connectivity index (χ2n) is 7.00. The highest BCUT2D eigenvalue weighted by atomic mass is 32.1. The summed E-state index contributed by atoms with van der Waals surface area (Å²) in [6, 6.07) is 1.57. The Labute approximate surface area is 165 Å². The molecule has 1 aromatic rings. The van der Waals surface area contributed by atoms with E-state index in [1.54, 1.807) is 0 Å². The molecule has 1 saturated heterocycles. The third-order valence-electron chi connectivity index (χ3n) is 4.76. The number of ether oxygens (including phenoxy) is 1. The molecule has 0 saturated carbocycles. The number of imide groups is 1. The largest absolute Gasteiger partial charge is 0.454 e. The van der Waals surface area contributed by atoms with E-state index in [2.05, 4.69) is 18.3 Å². The Kier molecular flexibility index (Phi) is 5.65. The fraction of sp³-hybridized carbons (Fsp3) is 0.500. The Morgan fingerprint density at radius 1 is 1.39 bits per heavy atom. The molecule has 1 aromatic heterocycles. The lowest BCUT2D eigenvalue weighted by Crippen LogP contribution is -2.37. The smallest absolute Gasteiger partial charge is 0.327 e. The molecule has 0 radical (unpaired) electrons. The van der Waals surface area contributed by atoms with Gasteiger partial charge in [-0.25, -0.2) is 4.79 Å². The van der Waals surface area contributed by atoms with Gasteiger partial charge in [-0.1, -0.05) is 6.92 Å². The van der Waals surface area contributed by atoms with Crippen molar-refractivity contribution in [2.24, 2.45) is 5.92 Å². The molecule has 0 unspecified atom stereocenters. The molecule has 0 bridgehead atoms. The number of carbonyl (C=O) groups excluding carboxylic acids is 4. The van der Waals surface area contributed by atoms with Gasteiger partial charge in [0.05, 0.1) is 5.56 Å². The maximum absolute atomic E-state index is 12.1. The first kappa shape index (κ1) is 19.8. The van der Waals surface area contributed by atoms with E-state index in [0.29, 0.717) is 16.5 Å². The zero-order chi connectivity index (χ0) is 20.4. The fourth-order valence-corrected chi connectivity index (χ4v) is 4.64. The minimum Gasteiger partial charge on any atom is -0.454 e. The maximum Gasteiger partial charge on any atom is 0.327 e. The number of hydrogen-bond donors (Lipinski definition) is 1. The van der Waals surface area contributed by atoms with Gasteiger partial charge in [0.15, 0.2) is 6.61 Å². The number of urea groups is 1. The number of fused-ring (bicyclic) bond motifs is 1. The van der Waals surface area contributed by atoms with Gasteiger partial charge in [0.1, 0.15) is 24.2 Å². The zero-order valence-corrected chi connectivity index (χ0v) is 16.4. The summed E-state index contributed by atoms with van der Waals surface area (Å²) in [5.74, 6) is -1.39. The number of likely N-dealkylation sites (N-methyl/N-ethyl adjacent to an activating group) is 1. The summed E-state index contributed by atoms with van der Waals surface area (Å²) in [5.41, 5.74) is 1.47. The topological polar surface area (TPSA) is 120 Å². The van der Waals surface area contributed by atoms with Crippen molar-refractivity contribution in [3.63, 3.8) is 0 Å². The number of esters is 1. The van der Waals surface area contributed by atoms with Crippen LogP contribution in [0.3, 0.4) is 0 Å². The first-order valence-electron chi connectivity index (χ1n) is 8.85. The summed E-state index contributed by atoms with van der Waals surface area (Å²) in [7, 11) is 1.45. The van der Waals surface area contributed by atoms with Crippen LogP contribution < -0.4 is 5.32 Å². The monoisotopic (exact) mass is 404 g/mol. The van der Waals surface area contributed by atoms with Gasteiger partial charge >= 0.3 is 12.0 Å². The molecule has 1 fully saturated rings. The highest BCUT2D eigenvalue weighted by Crippen LogP contribution is 2.39. The summed E-state index contributed by atoms with van der Waals surface area (Å²) < 4.78 is 4.87. The SMILES string of the molecule is C[C@H]1CCc2c(sc(NC(=O)COC(=O)CN3C(=O)CN(C)C3=O)c2C#N)C1. The van der Waals surface area contributed by atoms with E-state index in [1.165, 1.54) is 23.3 Å². The van der Waals surface area contributed by atoms with Gasteiger partial charge in [0, 0.05) is 11.9 Å². The zero-order valence-electron chi connectivity index (χ0n) is 15.6. The number of anilines is 1. The van der Waals surface area contributed by atoms with Crippen LogP contribution in [0.25, 0.3) is 0 Å². The molecule has 9 nitrogen and oxygen atoms in total. The van der Waals surface area contributed by atoms with Gasteiger partial charge in [0.2, 0.25) is 0 Å². The number of carbonyl (C=O) groups is 4. The summed E-state index contributed by atoms with van der Waals surface area (Å²) in [6.45, 7) is 0.962. The lowest BCUT2D eigenvalue weighted by molar-refractivity contribution is -0.149. The van der Waals surface area contributed by atoms with Crippen LogP contribution >= 0.6 is 11.3 Å². The van der Waals surface area contributed by atoms with Crippen molar-refractivity contribution in [1.82, 2.24) is 9.80 Å². The number of nitrogens with zero attached hydrogens (tertiary/aromatic N) is 3. The maximum atomic E-state index is 12.1. The fourth-order valence-electron chi connectivity index (χ4n) is 3.27. The molecular weight excluding hydrogens is 384 g/mol. The molecule has 1 N–H and O–H groups in total. The van der Waals surface area contributed by atoms with E-state index in [4.69, 9.17) is 4.74 Å². The van der Waals surface area contributed by atoms with E-state index in [1.807, 2.05) is 0 Å². The van der Waals surface area contributed by atoms with E-state index < -0.39 is 37.0 Å². The van der Waals surface area contributed by atoms with Crippen LogP contribution in [0.1, 0.15) is 29.3 Å². The summed E-state index contributed by atoms with van der Waals surface area (Å²) in [5, 5.41) is 12.5. The molecule has 1 aliphatic heterocycles. The second kappa shape index (κ2) is 7.98. The summed E-state index contributed by atoms with van der Waals surface area (Å²) >= 11 is 1.38. The third-order valence-corrected chi connectivity index (χ3v) is 5.93. The van der Waals surface area contributed by atoms with Crippen LogP contribution in [0.2, 0.25) is 0 Å². The highest BCUT2D eigenvalue weighted by Gasteiger charge is 2.35. The number of thiophene rings is 1. The number of amides is 4. The molecule has 2 aliphatic rings. The Morgan fingerprint density at radius 2 is 2.14 bits per heavy atom. The van der Waals surface area contributed by atoms with Crippen molar-refractivity contribution in [2.45, 2.75) is 26.2 Å². The molecule has 0 aromatic carbocycles. The molecular formula is C18H20N4O5S. The van der Waals surface area contributed by atoms with Gasteiger partial charge < -0.3 is 15.0 Å². The number of rotatable bonds is 5. The van der Waals surface area contributed by atoms with E-state index in [0.717, 1.165) is 34.6 Å². The molecule has 148 valence electrons. The highest BCUT2D eigenvalue weighted by molar-refractivity contribution is 7.16. The summed E-state index contributed by atoms with van der Waals surface area (Å²) in [4.78, 5) is 50.4. The lowest BCUT2D eigenvalue weighted by atomic mass is 9.89. The molecule has 3 rings (SSSR count). The third kappa shape index (κ3) is 3.99. The molecule has 1 aliphatic carbocycles. The Balaban J connectivity index is 1.55. The van der Waals surface area contributed by atoms with E-state index in [9.17, 15) is 24.4 Å². The Hall–Kier alpha value is -2.93. The molecule has 4 amide bonds. The van der Waals surface area contributed by atoms with Crippen LogP contribution in [-0.4, -0.2) is 60.4 Å². The second-order valence-corrected chi connectivity index (χ2v) is 8.10. The van der Waals surface area contributed by atoms with Crippen LogP contribution in [0, 0.1) is 17.2 Å². The predicted octanol–water partition coefficient (Wildman–Crippen LogP) is 1.12. The van der Waals surface area contributed by atoms with Crippen LogP contribution in [0.4, 0.5) is 9.80 Å². The standard InChI is InChI=1S/C18H20N4O5S/c1-10-3-4-11-12(6-19)17(28-13(11)5-10)20-14(23)9-27-16(25)8-22-15(24)7-21(2)18(22)26/h10H,3-5,7-9H2,1-2H3,(H,20,23)/t10-/m0/s1. The molecule has 28 heavy (non-hydrogen) atoms. The van der Waals surface area contributed by atoms with Crippen LogP contribution in [-0.2, 0) is 32.0 Å². The van der Waals surface area contributed by atoms with Gasteiger partial charge in [-0.05, 0) is 30.7 Å². The average Bonchev–Trinajstić information content (AvgIpc) is 3.10. The van der Waals surface area contributed by atoms with E-state index in [-0.39, 0.29) is 6.54 Å². The first-order valence-corrected chi connectivity index (χ1v) is 9.67. The van der Waals surface area contributed by atoms with Gasteiger partial charge in [-0.3, -0.25) is 19.3 Å². The van der Waals surface area contributed by atoms with Gasteiger partial charge in [0.25, 0.3) is 11.8 Å². The minimum atomic E-state index is -0.855. The number of hydrogen-bond acceptors (Lipinski definition) is 7. The van der Waals surface area contributed by atoms with Crippen LogP contribution in [0.15, 0.2) is 0 Å². The minimum absolute atomic E-state index is 0.0921. The van der Waals surface area contributed by atoms with Crippen molar-refractivity contribution in [2.75, 3.05) is 32.1 Å². The molecule has 0 spiro atoms. The summed E-state index contributed by atoms with van der Waals surface area (Å²) in [6.07, 6.45) is 2.70. The lowest BCUT2D eigenvalue weighted by Gasteiger charge is -2.17. The first-order chi connectivity index (χ1) is 13.3. The van der Waals surface area contributed by atoms with Crippen molar-refractivity contribution < 1.29 is 23.9 Å². The molecule has 10 heteroatoms. The van der Waals surface area contributed by atoms with Crippen LogP contribution in [0.5, 0.6) is 0 Å². The Bertz CT molecular complexity index is 887. The van der Waals surface area contributed by atoms with E-state index >= 15 is 0 Å². The van der Waals surface area contributed by atoms with Crippen molar-refractivity contribution in [1.29, 1.82) is 5.26 Å². The van der Waals surface area contributed by atoms with Crippen molar-refractivity contribution in [3.05, 3.63) is 16.0 Å². The van der Waals surface area contributed by atoms with Gasteiger partial charge in [-0.15, -0.1) is 11.3 Å². The quantitative estimate of drug-likeness (QED) is 0.580. The molecule has 1 atom stereocenters.